The van der Waals surface area contributed by atoms with Crippen LogP contribution in [0.5, 0.6) is 5.75 Å². The first-order valence-electron chi connectivity index (χ1n) is 7.08. The fourth-order valence-corrected chi connectivity index (χ4v) is 1.78. The van der Waals surface area contributed by atoms with Crippen molar-refractivity contribution in [3.63, 3.8) is 0 Å². The number of nitrogens with zero attached hydrogens (tertiary/aromatic N) is 2. The van der Waals surface area contributed by atoms with Gasteiger partial charge in [0.25, 0.3) is 0 Å². The van der Waals surface area contributed by atoms with Gasteiger partial charge in [-0.25, -0.2) is 0 Å². The maximum absolute atomic E-state index is 12.1. The number of aromatic nitrogens is 1. The SMILES string of the molecule is CN=C(NCc1ccc(OCC(F)(F)F)cc1)NCc1ccon1. The second-order valence-corrected chi connectivity index (χ2v) is 4.82. The summed E-state index contributed by atoms with van der Waals surface area (Å²) in [5.41, 5.74) is 1.61. The Morgan fingerprint density at radius 1 is 1.17 bits per heavy atom. The van der Waals surface area contributed by atoms with Crippen molar-refractivity contribution in [1.29, 1.82) is 0 Å². The molecule has 1 aromatic heterocycles. The van der Waals surface area contributed by atoms with Gasteiger partial charge in [-0.2, -0.15) is 13.2 Å². The molecule has 6 nitrogen and oxygen atoms in total. The van der Waals surface area contributed by atoms with Crippen molar-refractivity contribution in [3.05, 3.63) is 47.9 Å². The van der Waals surface area contributed by atoms with E-state index in [2.05, 4.69) is 25.5 Å². The predicted molar refractivity (Wildman–Crippen MR) is 81.5 cm³/mol. The highest BCUT2D eigenvalue weighted by atomic mass is 19.4. The van der Waals surface area contributed by atoms with Crippen LogP contribution in [0.2, 0.25) is 0 Å². The molecular formula is C15H17F3N4O2. The average Bonchev–Trinajstić information content (AvgIpc) is 3.07. The number of benzene rings is 1. The summed E-state index contributed by atoms with van der Waals surface area (Å²) in [5, 5.41) is 9.91. The van der Waals surface area contributed by atoms with Crippen LogP contribution in [0.3, 0.4) is 0 Å². The first-order chi connectivity index (χ1) is 11.5. The number of hydrogen-bond acceptors (Lipinski definition) is 4. The van der Waals surface area contributed by atoms with E-state index in [9.17, 15) is 13.2 Å². The van der Waals surface area contributed by atoms with E-state index in [4.69, 9.17) is 4.52 Å². The van der Waals surface area contributed by atoms with Crippen LogP contribution in [-0.2, 0) is 13.1 Å². The van der Waals surface area contributed by atoms with Gasteiger partial charge >= 0.3 is 6.18 Å². The molecule has 1 aromatic carbocycles. The third-order valence-corrected chi connectivity index (χ3v) is 2.94. The summed E-state index contributed by atoms with van der Waals surface area (Å²) >= 11 is 0. The van der Waals surface area contributed by atoms with Gasteiger partial charge in [0.05, 0.1) is 6.54 Å². The van der Waals surface area contributed by atoms with Crippen LogP contribution >= 0.6 is 0 Å². The third kappa shape index (κ3) is 6.19. The lowest BCUT2D eigenvalue weighted by Crippen LogP contribution is -2.36. The van der Waals surface area contributed by atoms with Crippen molar-refractivity contribution in [2.45, 2.75) is 19.3 Å². The Bertz CT molecular complexity index is 640. The lowest BCUT2D eigenvalue weighted by molar-refractivity contribution is -0.153. The van der Waals surface area contributed by atoms with E-state index < -0.39 is 12.8 Å². The Balaban J connectivity index is 1.78. The molecule has 2 aromatic rings. The Labute approximate surface area is 136 Å². The normalized spacial score (nSPS) is 12.1. The molecule has 0 bridgehead atoms. The third-order valence-electron chi connectivity index (χ3n) is 2.94. The zero-order valence-corrected chi connectivity index (χ0v) is 12.9. The van der Waals surface area contributed by atoms with Gasteiger partial charge in [-0.15, -0.1) is 0 Å². The summed E-state index contributed by atoms with van der Waals surface area (Å²) in [7, 11) is 1.63. The molecule has 2 rings (SSSR count). The average molecular weight is 342 g/mol. The maximum atomic E-state index is 12.1. The van der Waals surface area contributed by atoms with Crippen LogP contribution in [-0.4, -0.2) is 30.9 Å². The van der Waals surface area contributed by atoms with Gasteiger partial charge in [-0.05, 0) is 17.7 Å². The molecule has 0 amide bonds. The minimum Gasteiger partial charge on any atom is -0.484 e. The Morgan fingerprint density at radius 2 is 1.88 bits per heavy atom. The maximum Gasteiger partial charge on any atom is 0.422 e. The van der Waals surface area contributed by atoms with Gasteiger partial charge in [-0.3, -0.25) is 4.99 Å². The van der Waals surface area contributed by atoms with Crippen LogP contribution in [0.1, 0.15) is 11.3 Å². The summed E-state index contributed by atoms with van der Waals surface area (Å²) in [5.74, 6) is 0.736. The highest BCUT2D eigenvalue weighted by Crippen LogP contribution is 2.18. The Kier molecular flexibility index (Phi) is 6.05. The van der Waals surface area contributed by atoms with E-state index in [-0.39, 0.29) is 5.75 Å². The van der Waals surface area contributed by atoms with Crippen molar-refractivity contribution < 1.29 is 22.4 Å². The molecule has 9 heteroatoms. The van der Waals surface area contributed by atoms with Gasteiger partial charge in [0.15, 0.2) is 12.6 Å². The summed E-state index contributed by atoms with van der Waals surface area (Å²) in [4.78, 5) is 4.06. The van der Waals surface area contributed by atoms with Gasteiger partial charge < -0.3 is 19.9 Å². The predicted octanol–water partition coefficient (Wildman–Crippen LogP) is 2.48. The lowest BCUT2D eigenvalue weighted by Gasteiger charge is -2.12. The summed E-state index contributed by atoms with van der Waals surface area (Å²) in [6, 6.07) is 8.09. The van der Waals surface area contributed by atoms with Crippen molar-refractivity contribution >= 4 is 5.96 Å². The first kappa shape index (κ1) is 17.6. The number of hydrogen-bond donors (Lipinski definition) is 2. The van der Waals surface area contributed by atoms with E-state index >= 15 is 0 Å². The Hall–Kier alpha value is -2.71. The van der Waals surface area contributed by atoms with Crippen molar-refractivity contribution in [3.8, 4) is 5.75 Å². The fraction of sp³-hybridized carbons (Fsp3) is 0.333. The number of aliphatic imine (C=N–C) groups is 1. The lowest BCUT2D eigenvalue weighted by atomic mass is 10.2. The molecule has 0 aliphatic heterocycles. The minimum absolute atomic E-state index is 0.171. The largest absolute Gasteiger partial charge is 0.484 e. The van der Waals surface area contributed by atoms with Crippen LogP contribution < -0.4 is 15.4 Å². The molecule has 1 heterocycles. The molecule has 0 saturated heterocycles. The zero-order valence-electron chi connectivity index (χ0n) is 12.9. The van der Waals surface area contributed by atoms with Crippen LogP contribution in [0.15, 0.2) is 46.1 Å². The van der Waals surface area contributed by atoms with E-state index in [0.717, 1.165) is 11.3 Å². The van der Waals surface area contributed by atoms with E-state index in [1.807, 2.05) is 0 Å². The molecule has 0 aliphatic rings. The minimum atomic E-state index is -4.35. The van der Waals surface area contributed by atoms with Gasteiger partial charge in [0.2, 0.25) is 0 Å². The van der Waals surface area contributed by atoms with Gasteiger partial charge in [0.1, 0.15) is 17.7 Å². The zero-order chi connectivity index (χ0) is 17.4. The number of nitrogens with one attached hydrogen (secondary N) is 2. The molecule has 130 valence electrons. The van der Waals surface area contributed by atoms with Crippen molar-refractivity contribution in [2.24, 2.45) is 4.99 Å². The van der Waals surface area contributed by atoms with E-state index in [1.165, 1.54) is 18.4 Å². The van der Waals surface area contributed by atoms with Gasteiger partial charge in [0, 0.05) is 19.7 Å². The van der Waals surface area contributed by atoms with Crippen molar-refractivity contribution in [1.82, 2.24) is 15.8 Å². The van der Waals surface area contributed by atoms with Crippen LogP contribution in [0.25, 0.3) is 0 Å². The molecule has 0 spiro atoms. The summed E-state index contributed by atoms with van der Waals surface area (Å²) < 4.78 is 45.6. The summed E-state index contributed by atoms with van der Waals surface area (Å²) in [6.45, 7) is -0.387. The quantitative estimate of drug-likeness (QED) is 0.623. The molecule has 24 heavy (non-hydrogen) atoms. The van der Waals surface area contributed by atoms with Crippen LogP contribution in [0.4, 0.5) is 13.2 Å². The summed E-state index contributed by atoms with van der Waals surface area (Å²) in [6.07, 6.45) is -2.86. The monoisotopic (exact) mass is 342 g/mol. The second-order valence-electron chi connectivity index (χ2n) is 4.82. The highest BCUT2D eigenvalue weighted by Gasteiger charge is 2.28. The molecule has 2 N–H and O–H groups in total. The number of halogens is 3. The second kappa shape index (κ2) is 8.23. The Morgan fingerprint density at radius 3 is 2.46 bits per heavy atom. The molecule has 0 saturated carbocycles. The van der Waals surface area contributed by atoms with E-state index in [1.54, 1.807) is 25.2 Å². The smallest absolute Gasteiger partial charge is 0.422 e. The molecule has 0 fully saturated rings. The van der Waals surface area contributed by atoms with Gasteiger partial charge in [-0.1, -0.05) is 17.3 Å². The number of rotatable bonds is 6. The molecule has 0 aliphatic carbocycles. The standard InChI is InChI=1S/C15H17F3N4O2/c1-19-14(21-9-12-6-7-24-22-12)20-8-11-2-4-13(5-3-11)23-10-15(16,17)18/h2-7H,8-10H2,1H3,(H2,19,20,21). The molecular weight excluding hydrogens is 325 g/mol. The van der Waals surface area contributed by atoms with Crippen molar-refractivity contribution in [2.75, 3.05) is 13.7 Å². The van der Waals surface area contributed by atoms with E-state index in [0.29, 0.717) is 19.0 Å². The number of guanidine groups is 1. The molecule has 0 radical (unpaired) electrons. The number of ether oxygens (including phenoxy) is 1. The highest BCUT2D eigenvalue weighted by molar-refractivity contribution is 5.79. The number of alkyl halides is 3. The topological polar surface area (TPSA) is 71.7 Å². The molecule has 0 atom stereocenters. The fourth-order valence-electron chi connectivity index (χ4n) is 1.78. The molecule has 0 unspecified atom stereocenters. The first-order valence-corrected chi connectivity index (χ1v) is 7.08. The van der Waals surface area contributed by atoms with Crippen LogP contribution in [0, 0.1) is 0 Å².